The maximum atomic E-state index is 12.4. The van der Waals surface area contributed by atoms with Crippen LogP contribution in [0, 0.1) is 13.8 Å². The molecule has 0 bridgehead atoms. The molecule has 1 atom stereocenters. The first-order chi connectivity index (χ1) is 15.0. The van der Waals surface area contributed by atoms with Gasteiger partial charge in [0.05, 0.1) is 6.54 Å². The summed E-state index contributed by atoms with van der Waals surface area (Å²) in [5.41, 5.74) is 5.80. The van der Waals surface area contributed by atoms with E-state index in [-0.39, 0.29) is 40.2 Å². The zero-order chi connectivity index (χ0) is 23.6. The Balaban J connectivity index is 1.59. The Hall–Kier alpha value is -3.73. The summed E-state index contributed by atoms with van der Waals surface area (Å²) in [5, 5.41) is 11.2. The summed E-state index contributed by atoms with van der Waals surface area (Å²) in [5.74, 6) is -1.42. The molecule has 0 spiro atoms. The van der Waals surface area contributed by atoms with Gasteiger partial charge in [-0.1, -0.05) is 10.3 Å². The van der Waals surface area contributed by atoms with Crippen LogP contribution >= 0.6 is 11.3 Å². The van der Waals surface area contributed by atoms with Gasteiger partial charge in [-0.2, -0.15) is 8.42 Å². The van der Waals surface area contributed by atoms with Crippen LogP contribution in [0.15, 0.2) is 15.1 Å². The van der Waals surface area contributed by atoms with E-state index in [0.29, 0.717) is 4.90 Å². The number of nitrogen functional groups attached to an aromatic ring is 1. The minimum atomic E-state index is -4.37. The Morgan fingerprint density at radius 3 is 2.66 bits per heavy atom. The summed E-state index contributed by atoms with van der Waals surface area (Å²) in [6.45, 7) is 2.72. The van der Waals surface area contributed by atoms with Crippen molar-refractivity contribution < 1.29 is 32.2 Å². The molecule has 2 aromatic rings. The van der Waals surface area contributed by atoms with E-state index in [0.717, 1.165) is 11.3 Å². The van der Waals surface area contributed by atoms with E-state index in [2.05, 4.69) is 30.2 Å². The molecular formula is C15H18N8O7S2. The fourth-order valence-electron chi connectivity index (χ4n) is 2.59. The first-order valence-corrected chi connectivity index (χ1v) is 11.1. The number of anilines is 2. The van der Waals surface area contributed by atoms with Gasteiger partial charge < -0.3 is 20.4 Å². The lowest BCUT2D eigenvalue weighted by atomic mass is 10.1. The average molecular weight is 486 g/mol. The maximum Gasteiger partial charge on any atom is 0.339 e. The standard InChI is InChI=1S/C15H18N8O7S2/c1-6-10(7(2)30-19-6)21-32(27,28)22-15(26)23-4-8(13(23)25)17-12(24)11(20-29-3)9-5-31-14(16)18-9/h5,8,21H,4H2,1-3H3,(H2,16,18)(H,17,24)(H,22,26)/b20-11-/t8-/m0/s1. The highest BCUT2D eigenvalue weighted by Gasteiger charge is 2.43. The fraction of sp³-hybridized carbons (Fsp3) is 0.333. The second-order valence-corrected chi connectivity index (χ2v) is 8.69. The van der Waals surface area contributed by atoms with Gasteiger partial charge in [-0.25, -0.2) is 14.5 Å². The molecular weight excluding hydrogens is 468 g/mol. The van der Waals surface area contributed by atoms with Crippen molar-refractivity contribution in [3.05, 3.63) is 22.5 Å². The van der Waals surface area contributed by atoms with Crippen LogP contribution in [0.2, 0.25) is 0 Å². The first-order valence-electron chi connectivity index (χ1n) is 8.74. The number of aryl methyl sites for hydroxylation is 2. The fourth-order valence-corrected chi connectivity index (χ4v) is 4.09. The highest BCUT2D eigenvalue weighted by Crippen LogP contribution is 2.20. The number of nitrogens with one attached hydrogen (secondary N) is 3. The van der Waals surface area contributed by atoms with E-state index in [1.165, 1.54) is 26.3 Å². The molecule has 0 unspecified atom stereocenters. The second-order valence-electron chi connectivity index (χ2n) is 6.38. The van der Waals surface area contributed by atoms with Crippen LogP contribution in [0.4, 0.5) is 15.6 Å². The zero-order valence-corrected chi connectivity index (χ0v) is 18.5. The summed E-state index contributed by atoms with van der Waals surface area (Å²) >= 11 is 1.08. The molecule has 32 heavy (non-hydrogen) atoms. The van der Waals surface area contributed by atoms with Gasteiger partial charge in [-0.05, 0) is 13.8 Å². The summed E-state index contributed by atoms with van der Waals surface area (Å²) < 4.78 is 33.0. The van der Waals surface area contributed by atoms with Crippen LogP contribution in [0.3, 0.4) is 0 Å². The van der Waals surface area contributed by atoms with Crippen LogP contribution in [0.1, 0.15) is 17.1 Å². The number of aromatic nitrogens is 2. The van der Waals surface area contributed by atoms with Gasteiger partial charge in [0.25, 0.3) is 11.8 Å². The number of hydrogen-bond donors (Lipinski definition) is 4. The number of urea groups is 1. The summed E-state index contributed by atoms with van der Waals surface area (Å²) in [6, 6.07) is -2.28. The summed E-state index contributed by atoms with van der Waals surface area (Å²) in [4.78, 5) is 46.1. The molecule has 5 N–H and O–H groups in total. The number of thiazole rings is 1. The van der Waals surface area contributed by atoms with Gasteiger partial charge in [-0.15, -0.1) is 11.3 Å². The third-order valence-electron chi connectivity index (χ3n) is 4.13. The number of carbonyl (C=O) groups excluding carboxylic acids is 3. The number of β-lactam (4-membered cyclic amide) rings is 1. The van der Waals surface area contributed by atoms with Crippen LogP contribution in [-0.4, -0.2) is 66.7 Å². The smallest absolute Gasteiger partial charge is 0.339 e. The molecule has 2 aromatic heterocycles. The largest absolute Gasteiger partial charge is 0.398 e. The molecule has 17 heteroatoms. The van der Waals surface area contributed by atoms with Crippen LogP contribution in [0.25, 0.3) is 0 Å². The molecule has 172 valence electrons. The minimum Gasteiger partial charge on any atom is -0.398 e. The number of rotatable bonds is 7. The predicted octanol–water partition coefficient (Wildman–Crippen LogP) is -0.926. The first kappa shape index (κ1) is 22.9. The average Bonchev–Trinajstić information content (AvgIpc) is 3.28. The van der Waals surface area contributed by atoms with E-state index in [9.17, 15) is 22.8 Å². The Bertz CT molecular complexity index is 1180. The van der Waals surface area contributed by atoms with Gasteiger partial charge >= 0.3 is 16.2 Å². The quantitative estimate of drug-likeness (QED) is 0.214. The highest BCUT2D eigenvalue weighted by molar-refractivity contribution is 7.91. The van der Waals surface area contributed by atoms with Gasteiger partial charge in [0.1, 0.15) is 30.2 Å². The highest BCUT2D eigenvalue weighted by atomic mass is 32.2. The Morgan fingerprint density at radius 1 is 1.41 bits per heavy atom. The van der Waals surface area contributed by atoms with E-state index in [1.54, 1.807) is 4.72 Å². The molecule has 0 radical (unpaired) electrons. The molecule has 1 aliphatic heterocycles. The van der Waals surface area contributed by atoms with Gasteiger partial charge in [0, 0.05) is 5.38 Å². The lowest BCUT2D eigenvalue weighted by molar-refractivity contribution is -0.141. The van der Waals surface area contributed by atoms with Gasteiger partial charge in [-0.3, -0.25) is 19.2 Å². The summed E-state index contributed by atoms with van der Waals surface area (Å²) in [7, 11) is -3.15. The van der Waals surface area contributed by atoms with Crippen molar-refractivity contribution in [1.29, 1.82) is 0 Å². The van der Waals surface area contributed by atoms with Crippen molar-refractivity contribution in [2.45, 2.75) is 19.9 Å². The van der Waals surface area contributed by atoms with Crippen LogP contribution in [0.5, 0.6) is 0 Å². The van der Waals surface area contributed by atoms with Gasteiger partial charge in [0.2, 0.25) is 0 Å². The molecule has 0 aromatic carbocycles. The van der Waals surface area contributed by atoms with Crippen molar-refractivity contribution in [2.24, 2.45) is 5.16 Å². The number of imide groups is 1. The third-order valence-corrected chi connectivity index (χ3v) is 5.72. The predicted molar refractivity (Wildman–Crippen MR) is 111 cm³/mol. The minimum absolute atomic E-state index is 0.0676. The molecule has 4 amide bonds. The topological polar surface area (TPSA) is 211 Å². The second kappa shape index (κ2) is 8.79. The number of carbonyl (C=O) groups is 3. The number of oxime groups is 1. The van der Waals surface area contributed by atoms with Crippen molar-refractivity contribution in [2.75, 3.05) is 24.1 Å². The lowest BCUT2D eigenvalue weighted by Crippen LogP contribution is -2.68. The third kappa shape index (κ3) is 4.78. The molecule has 15 nitrogen and oxygen atoms in total. The Labute approximate surface area is 185 Å². The van der Waals surface area contributed by atoms with E-state index in [1.807, 2.05) is 0 Å². The Kier molecular flexibility index (Phi) is 6.30. The molecule has 0 aliphatic carbocycles. The SMILES string of the molecule is CO/N=C(\C(=O)N[C@H]1CN(C(=O)NS(=O)(=O)Nc2c(C)noc2C)C1=O)c1csc(N)n1. The molecule has 3 heterocycles. The number of nitrogens with zero attached hydrogens (tertiary/aromatic N) is 4. The lowest BCUT2D eigenvalue weighted by Gasteiger charge is -2.36. The van der Waals surface area contributed by atoms with Crippen molar-refractivity contribution in [1.82, 2.24) is 25.1 Å². The molecule has 1 fully saturated rings. The van der Waals surface area contributed by atoms with Crippen molar-refractivity contribution in [3.63, 3.8) is 0 Å². The normalized spacial score (nSPS) is 16.3. The molecule has 3 rings (SSSR count). The van der Waals surface area contributed by atoms with Crippen LogP contribution in [-0.2, 0) is 24.6 Å². The monoisotopic (exact) mass is 486 g/mol. The van der Waals surface area contributed by atoms with E-state index < -0.39 is 34.1 Å². The van der Waals surface area contributed by atoms with E-state index in [4.69, 9.17) is 10.3 Å². The van der Waals surface area contributed by atoms with E-state index >= 15 is 0 Å². The molecule has 0 saturated carbocycles. The maximum absolute atomic E-state index is 12.4. The number of amides is 4. The van der Waals surface area contributed by atoms with Crippen molar-refractivity contribution in [3.8, 4) is 0 Å². The number of nitrogens with two attached hydrogens (primary N) is 1. The zero-order valence-electron chi connectivity index (χ0n) is 16.9. The Morgan fingerprint density at radius 2 is 2.12 bits per heavy atom. The van der Waals surface area contributed by atoms with Gasteiger partial charge in [0.15, 0.2) is 16.6 Å². The molecule has 1 saturated heterocycles. The molecule has 1 aliphatic rings. The van der Waals surface area contributed by atoms with Crippen LogP contribution < -0.4 is 20.5 Å². The number of hydrogen-bond acceptors (Lipinski definition) is 12. The summed E-state index contributed by atoms with van der Waals surface area (Å²) in [6.07, 6.45) is 0. The van der Waals surface area contributed by atoms with Crippen molar-refractivity contribution >= 4 is 55.9 Å². The number of likely N-dealkylation sites (tertiary alicyclic amines) is 1.